The van der Waals surface area contributed by atoms with Crippen molar-refractivity contribution in [1.29, 1.82) is 0 Å². The van der Waals surface area contributed by atoms with Gasteiger partial charge in [0.1, 0.15) is 15.9 Å². The number of ether oxygens (including phenoxy) is 2. The van der Waals surface area contributed by atoms with E-state index in [-0.39, 0.29) is 70.0 Å². The Kier molecular flexibility index (Phi) is 20.4. The molecule has 0 aromatic carbocycles. The molecule has 0 bridgehead atoms. The Morgan fingerprint density at radius 3 is 1.41 bits per heavy atom. The Morgan fingerprint density at radius 1 is 0.616 bits per heavy atom. The molecule has 13 nitrogen and oxygen atoms in total. The van der Waals surface area contributed by atoms with E-state index < -0.39 is 29.8 Å². The number of carboxylic acids is 2. The normalized spacial score (nSPS) is 27.0. The van der Waals surface area contributed by atoms with Crippen molar-refractivity contribution in [1.82, 2.24) is 0 Å². The van der Waals surface area contributed by atoms with Crippen LogP contribution in [0, 0.1) is 35.5 Å². The fourth-order valence-electron chi connectivity index (χ4n) is 12.2. The number of aromatic carboxylic acids is 2. The van der Waals surface area contributed by atoms with Crippen LogP contribution in [0.5, 0.6) is 0 Å². The van der Waals surface area contributed by atoms with Crippen LogP contribution in [-0.2, 0) is 28.7 Å². The number of esters is 2. The minimum atomic E-state index is -0.999. The molecule has 0 radical (unpaired) electrons. The Hall–Kier alpha value is -4.34. The lowest BCUT2D eigenvalue weighted by atomic mass is 9.81. The number of rotatable bonds is 15. The summed E-state index contributed by atoms with van der Waals surface area (Å²) in [7, 11) is 1.32. The molecular weight excluding hydrogens is 965 g/mol. The fraction of sp³-hybridized carbons (Fsp3) is 0.690. The Bertz CT molecular complexity index is 2300. The van der Waals surface area contributed by atoms with Gasteiger partial charge in [-0.3, -0.25) is 19.2 Å². The highest BCUT2D eigenvalue weighted by Gasteiger charge is 2.40. The zero-order chi connectivity index (χ0) is 52.3. The van der Waals surface area contributed by atoms with Gasteiger partial charge in [-0.2, -0.15) is 0 Å². The van der Waals surface area contributed by atoms with E-state index in [2.05, 4.69) is 26.0 Å². The lowest BCUT2D eigenvalue weighted by molar-refractivity contribution is -0.158. The van der Waals surface area contributed by atoms with Gasteiger partial charge in [0.15, 0.2) is 0 Å². The monoisotopic (exact) mass is 1050 g/mol. The van der Waals surface area contributed by atoms with Gasteiger partial charge in [0.2, 0.25) is 11.8 Å². The zero-order valence-electron chi connectivity index (χ0n) is 44.1. The third kappa shape index (κ3) is 14.5. The summed E-state index contributed by atoms with van der Waals surface area (Å²) in [6.07, 6.45) is 25.0. The number of nitrogens with zero attached hydrogens (tertiary/aromatic N) is 2. The summed E-state index contributed by atoms with van der Waals surface area (Å²) >= 11 is 2.60. The van der Waals surface area contributed by atoms with Gasteiger partial charge < -0.3 is 34.6 Å². The lowest BCUT2D eigenvalue weighted by Crippen LogP contribution is -2.47. The second-order valence-corrected chi connectivity index (χ2v) is 24.6. The Balaban J connectivity index is 0.000000223. The van der Waals surface area contributed by atoms with Gasteiger partial charge in [-0.05, 0) is 195 Å². The number of carbonyl (C=O) groups is 6. The van der Waals surface area contributed by atoms with Crippen molar-refractivity contribution in [2.45, 2.75) is 213 Å². The Morgan fingerprint density at radius 2 is 1.04 bits per heavy atom. The number of aliphatic hydroxyl groups is 1. The summed E-state index contributed by atoms with van der Waals surface area (Å²) in [6.45, 7) is 8.23. The van der Waals surface area contributed by atoms with Crippen LogP contribution in [0.4, 0.5) is 11.4 Å². The minimum absolute atomic E-state index is 0.0233. The van der Waals surface area contributed by atoms with Crippen LogP contribution in [0.2, 0.25) is 0 Å². The standard InChI is InChI=1S/C33H47NO7S.C25H35NO4S/c1-20(2)26(33(39)40-4)18-29(35)41-25-16-14-24(15-17-25)34(31(36)23-12-10-21(3)11-13-23)27-19-28(42-30(27)32(37)38)22-8-6-5-7-9-22;1-16-7-9-18(10-8-16)24(28)26(19-11-13-20(27)14-12-19)21-15-22(31-23(21)25(29)30)17-5-3-2-4-6-17/h8,19-21,23-26H,5-7,9-18H2,1-4H3,(H,37,38);5,15-16,18-20,27H,2-4,6-14H2,1H3,(H,29,30). The molecule has 6 aliphatic rings. The highest BCUT2D eigenvalue weighted by molar-refractivity contribution is 7.16. The van der Waals surface area contributed by atoms with E-state index in [1.165, 1.54) is 47.4 Å². The second-order valence-electron chi connectivity index (χ2n) is 22.5. The number of carboxylic acid groups (broad SMARTS) is 2. The highest BCUT2D eigenvalue weighted by atomic mass is 32.1. The maximum atomic E-state index is 14.2. The predicted molar refractivity (Wildman–Crippen MR) is 288 cm³/mol. The van der Waals surface area contributed by atoms with E-state index in [4.69, 9.17) is 9.47 Å². The van der Waals surface area contributed by atoms with Crippen molar-refractivity contribution in [2.24, 2.45) is 35.5 Å². The molecule has 2 amide bonds. The van der Waals surface area contributed by atoms with Crippen molar-refractivity contribution in [3.8, 4) is 0 Å². The third-order valence-electron chi connectivity index (χ3n) is 16.8. The van der Waals surface area contributed by atoms with Crippen molar-refractivity contribution in [3.63, 3.8) is 0 Å². The van der Waals surface area contributed by atoms with Crippen LogP contribution in [-0.4, -0.2) is 82.4 Å². The number of methoxy groups -OCH3 is 1. The number of aliphatic hydroxyl groups excluding tert-OH is 1. The van der Waals surface area contributed by atoms with Crippen molar-refractivity contribution < 1.29 is 53.6 Å². The van der Waals surface area contributed by atoms with E-state index in [1.807, 2.05) is 35.8 Å². The van der Waals surface area contributed by atoms with Gasteiger partial charge in [0, 0.05) is 33.7 Å². The van der Waals surface area contributed by atoms with Gasteiger partial charge >= 0.3 is 23.9 Å². The molecule has 4 fully saturated rings. The first-order valence-corrected chi connectivity index (χ1v) is 29.4. The molecule has 3 N–H and O–H groups in total. The number of allylic oxidation sites excluding steroid dienone is 4. The van der Waals surface area contributed by atoms with Crippen LogP contribution in [0.1, 0.15) is 217 Å². The molecular formula is C58H82N2O11S2. The molecule has 2 aromatic heterocycles. The average Bonchev–Trinajstić information content (AvgIpc) is 4.04. The summed E-state index contributed by atoms with van der Waals surface area (Å²) < 4.78 is 10.6. The molecule has 402 valence electrons. The van der Waals surface area contributed by atoms with Crippen LogP contribution < -0.4 is 9.80 Å². The smallest absolute Gasteiger partial charge is 0.348 e. The van der Waals surface area contributed by atoms with Crippen LogP contribution in [0.3, 0.4) is 0 Å². The van der Waals surface area contributed by atoms with Crippen molar-refractivity contribution >= 4 is 80.9 Å². The number of carbonyl (C=O) groups excluding carboxylic acids is 4. The minimum Gasteiger partial charge on any atom is -0.477 e. The largest absolute Gasteiger partial charge is 0.477 e. The van der Waals surface area contributed by atoms with Gasteiger partial charge in [-0.1, -0.05) is 39.8 Å². The summed E-state index contributed by atoms with van der Waals surface area (Å²) in [5.41, 5.74) is 3.52. The van der Waals surface area contributed by atoms with Gasteiger partial charge in [0.25, 0.3) is 0 Å². The van der Waals surface area contributed by atoms with E-state index in [1.54, 1.807) is 0 Å². The first-order valence-electron chi connectivity index (χ1n) is 27.8. The Labute approximate surface area is 441 Å². The fourth-order valence-corrected chi connectivity index (χ4v) is 14.3. The third-order valence-corrected chi connectivity index (χ3v) is 19.2. The van der Waals surface area contributed by atoms with E-state index in [9.17, 15) is 44.1 Å². The molecule has 2 aromatic rings. The van der Waals surface area contributed by atoms with Gasteiger partial charge in [0.05, 0.1) is 36.9 Å². The van der Waals surface area contributed by atoms with Crippen LogP contribution >= 0.6 is 22.7 Å². The SMILES string of the molecule is CC1CCC(C(=O)N(c2cc(C3=CCCCC3)sc2C(=O)O)C2CCC(O)CC2)CC1.COC(=O)C(CC(=O)OC1CCC(N(C(=O)C2CCC(C)CC2)c2cc(C3=CCCCC3)sc2C(=O)O)CC1)C(C)C. The summed E-state index contributed by atoms with van der Waals surface area (Å²) in [5.74, 6) is -2.13. The average molecular weight is 1050 g/mol. The summed E-state index contributed by atoms with van der Waals surface area (Å²) in [5, 5.41) is 30.2. The number of anilines is 2. The first kappa shape index (κ1) is 56.4. The van der Waals surface area contributed by atoms with Crippen LogP contribution in [0.25, 0.3) is 11.1 Å². The lowest BCUT2D eigenvalue weighted by Gasteiger charge is -2.39. The second kappa shape index (κ2) is 26.4. The summed E-state index contributed by atoms with van der Waals surface area (Å²) in [4.78, 5) is 83.7. The van der Waals surface area contributed by atoms with Crippen LogP contribution in [0.15, 0.2) is 24.3 Å². The van der Waals surface area contributed by atoms with Gasteiger partial charge in [-0.15, -0.1) is 22.7 Å². The van der Waals surface area contributed by atoms with Crippen molar-refractivity contribution in [2.75, 3.05) is 16.9 Å². The molecule has 0 aliphatic heterocycles. The number of thiophene rings is 2. The molecule has 73 heavy (non-hydrogen) atoms. The maximum Gasteiger partial charge on any atom is 0.348 e. The zero-order valence-corrected chi connectivity index (χ0v) is 45.7. The first-order chi connectivity index (χ1) is 35.0. The molecule has 2 heterocycles. The number of hydrogen-bond acceptors (Lipinski definition) is 11. The molecule has 15 heteroatoms. The summed E-state index contributed by atoms with van der Waals surface area (Å²) in [6, 6.07) is 3.72. The highest BCUT2D eigenvalue weighted by Crippen LogP contribution is 2.44. The molecule has 6 aliphatic carbocycles. The predicted octanol–water partition coefficient (Wildman–Crippen LogP) is 13.1. The molecule has 4 saturated carbocycles. The maximum absolute atomic E-state index is 14.2. The van der Waals surface area contributed by atoms with E-state index in [0.717, 1.165) is 119 Å². The van der Waals surface area contributed by atoms with Crippen molar-refractivity contribution in [3.05, 3.63) is 43.8 Å². The number of hydrogen-bond donors (Lipinski definition) is 3. The molecule has 0 spiro atoms. The van der Waals surface area contributed by atoms with E-state index >= 15 is 0 Å². The van der Waals surface area contributed by atoms with E-state index in [0.29, 0.717) is 61.7 Å². The molecule has 1 unspecified atom stereocenters. The molecule has 1 atom stereocenters. The molecule has 8 rings (SSSR count). The topological polar surface area (TPSA) is 188 Å². The quantitative estimate of drug-likeness (QED) is 0.144. The van der Waals surface area contributed by atoms with Gasteiger partial charge in [-0.25, -0.2) is 9.59 Å². The number of amides is 2. The molecule has 0 saturated heterocycles.